The van der Waals surface area contributed by atoms with Crippen LogP contribution in [0.1, 0.15) is 20.3 Å². The van der Waals surface area contributed by atoms with Crippen molar-refractivity contribution in [1.82, 2.24) is 4.90 Å². The molecule has 0 saturated heterocycles. The van der Waals surface area contributed by atoms with Gasteiger partial charge in [0.1, 0.15) is 0 Å². The molecule has 0 aliphatic carbocycles. The summed E-state index contributed by atoms with van der Waals surface area (Å²) in [6, 6.07) is 0. The number of ether oxygens (including phenoxy) is 2. The molecule has 0 bridgehead atoms. The van der Waals surface area contributed by atoms with E-state index in [2.05, 4.69) is 0 Å². The van der Waals surface area contributed by atoms with Gasteiger partial charge in [0.15, 0.2) is 0 Å². The van der Waals surface area contributed by atoms with E-state index in [1.54, 1.807) is 0 Å². The van der Waals surface area contributed by atoms with Crippen LogP contribution in [0.15, 0.2) is 0 Å². The first kappa shape index (κ1) is 13.4. The average Bonchev–Trinajstić information content (AvgIpc) is 2.13. The van der Waals surface area contributed by atoms with Gasteiger partial charge in [-0.15, -0.1) is 0 Å². The average molecular weight is 203 g/mol. The largest absolute Gasteiger partial charge is 0.465 e. The van der Waals surface area contributed by atoms with Crippen LogP contribution in [0, 0.1) is 0 Å². The third-order valence-corrected chi connectivity index (χ3v) is 1.74. The Bertz CT molecular complexity index is 150. The van der Waals surface area contributed by atoms with E-state index in [9.17, 15) is 4.79 Å². The molecular formula is C10H21NO3. The van der Waals surface area contributed by atoms with Crippen LogP contribution in [0.4, 0.5) is 0 Å². The first-order chi connectivity index (χ1) is 6.70. The quantitative estimate of drug-likeness (QED) is 0.434. The van der Waals surface area contributed by atoms with Crippen LogP contribution in [0.2, 0.25) is 0 Å². The lowest BCUT2D eigenvalue weighted by Crippen LogP contribution is -2.28. The Hall–Kier alpha value is -0.610. The molecule has 14 heavy (non-hydrogen) atoms. The number of rotatable bonds is 8. The smallest absolute Gasteiger partial charge is 0.320 e. The summed E-state index contributed by atoms with van der Waals surface area (Å²) in [6.07, 6.45) is 0.948. The van der Waals surface area contributed by atoms with E-state index in [4.69, 9.17) is 9.47 Å². The minimum absolute atomic E-state index is 0.161. The minimum atomic E-state index is -0.161. The summed E-state index contributed by atoms with van der Waals surface area (Å²) in [6.45, 7) is 6.96. The van der Waals surface area contributed by atoms with Crippen LogP contribution in [-0.4, -0.2) is 50.8 Å². The van der Waals surface area contributed by atoms with Gasteiger partial charge in [0.2, 0.25) is 0 Å². The molecule has 84 valence electrons. The highest BCUT2D eigenvalue weighted by Crippen LogP contribution is 1.90. The fourth-order valence-electron chi connectivity index (χ4n) is 1.09. The van der Waals surface area contributed by atoms with Gasteiger partial charge in [-0.1, -0.05) is 0 Å². The molecule has 0 saturated carbocycles. The monoisotopic (exact) mass is 203 g/mol. The van der Waals surface area contributed by atoms with Crippen molar-refractivity contribution in [2.75, 3.05) is 40.0 Å². The summed E-state index contributed by atoms with van der Waals surface area (Å²) < 4.78 is 10.0. The maximum absolute atomic E-state index is 11.0. The fourth-order valence-corrected chi connectivity index (χ4v) is 1.09. The maximum atomic E-state index is 11.0. The highest BCUT2D eigenvalue weighted by Gasteiger charge is 2.05. The molecule has 0 aliphatic rings. The summed E-state index contributed by atoms with van der Waals surface area (Å²) in [5.74, 6) is -0.161. The lowest BCUT2D eigenvalue weighted by molar-refractivity contribution is -0.144. The predicted octanol–water partition coefficient (Wildman–Crippen LogP) is 0.908. The summed E-state index contributed by atoms with van der Waals surface area (Å²) in [4.78, 5) is 13.0. The lowest BCUT2D eigenvalue weighted by Gasteiger charge is -2.14. The van der Waals surface area contributed by atoms with Crippen LogP contribution in [0.25, 0.3) is 0 Å². The number of hydrogen-bond acceptors (Lipinski definition) is 4. The Morgan fingerprint density at radius 3 is 2.57 bits per heavy atom. The van der Waals surface area contributed by atoms with Gasteiger partial charge in [-0.25, -0.2) is 0 Å². The second-order valence-electron chi connectivity index (χ2n) is 3.09. The molecule has 0 atom stereocenters. The van der Waals surface area contributed by atoms with Gasteiger partial charge in [-0.3, -0.25) is 9.69 Å². The first-order valence-corrected chi connectivity index (χ1v) is 5.12. The van der Waals surface area contributed by atoms with Crippen molar-refractivity contribution in [2.45, 2.75) is 20.3 Å². The molecule has 0 fully saturated rings. The number of nitrogens with zero attached hydrogens (tertiary/aromatic N) is 1. The number of carbonyl (C=O) groups is 1. The summed E-state index contributed by atoms with van der Waals surface area (Å²) in [5, 5.41) is 0. The second-order valence-corrected chi connectivity index (χ2v) is 3.09. The van der Waals surface area contributed by atoms with Crippen molar-refractivity contribution < 1.29 is 14.3 Å². The number of carbonyl (C=O) groups excluding carboxylic acids is 1. The van der Waals surface area contributed by atoms with Crippen molar-refractivity contribution in [3.8, 4) is 0 Å². The Labute approximate surface area is 86.2 Å². The molecule has 0 heterocycles. The van der Waals surface area contributed by atoms with E-state index in [0.717, 1.165) is 26.2 Å². The first-order valence-electron chi connectivity index (χ1n) is 5.12. The minimum Gasteiger partial charge on any atom is -0.465 e. The summed E-state index contributed by atoms with van der Waals surface area (Å²) in [5.41, 5.74) is 0. The normalized spacial score (nSPS) is 10.6. The molecule has 0 aromatic rings. The van der Waals surface area contributed by atoms with Crippen LogP contribution in [0.3, 0.4) is 0 Å². The number of likely N-dealkylation sites (N-methyl/N-ethyl adjacent to an activating group) is 1. The van der Waals surface area contributed by atoms with E-state index < -0.39 is 0 Å². The number of esters is 1. The third-order valence-electron chi connectivity index (χ3n) is 1.74. The molecular weight excluding hydrogens is 182 g/mol. The summed E-state index contributed by atoms with van der Waals surface area (Å²) >= 11 is 0. The van der Waals surface area contributed by atoms with Crippen molar-refractivity contribution in [3.05, 3.63) is 0 Å². The van der Waals surface area contributed by atoms with Crippen molar-refractivity contribution in [3.63, 3.8) is 0 Å². The fraction of sp³-hybridized carbons (Fsp3) is 0.900. The molecule has 0 aromatic heterocycles. The van der Waals surface area contributed by atoms with Crippen molar-refractivity contribution in [1.29, 1.82) is 0 Å². The third kappa shape index (κ3) is 8.01. The van der Waals surface area contributed by atoms with Gasteiger partial charge in [-0.2, -0.15) is 0 Å². The van der Waals surface area contributed by atoms with Crippen LogP contribution in [-0.2, 0) is 14.3 Å². The molecule has 0 radical (unpaired) electrons. The van der Waals surface area contributed by atoms with Crippen LogP contribution >= 0.6 is 0 Å². The van der Waals surface area contributed by atoms with Crippen molar-refractivity contribution in [2.24, 2.45) is 0 Å². The molecule has 0 unspecified atom stereocenters. The topological polar surface area (TPSA) is 38.8 Å². The Morgan fingerprint density at radius 2 is 2.00 bits per heavy atom. The van der Waals surface area contributed by atoms with E-state index in [1.165, 1.54) is 0 Å². The zero-order valence-corrected chi connectivity index (χ0v) is 9.41. The molecule has 0 rings (SSSR count). The molecule has 0 amide bonds. The van der Waals surface area contributed by atoms with E-state index in [-0.39, 0.29) is 5.97 Å². The molecule has 4 nitrogen and oxygen atoms in total. The maximum Gasteiger partial charge on any atom is 0.320 e. The highest BCUT2D eigenvalue weighted by atomic mass is 16.5. The van der Waals surface area contributed by atoms with Gasteiger partial charge in [0.25, 0.3) is 0 Å². The number of hydrogen-bond donors (Lipinski definition) is 0. The van der Waals surface area contributed by atoms with E-state index in [0.29, 0.717) is 13.2 Å². The van der Waals surface area contributed by atoms with E-state index >= 15 is 0 Å². The van der Waals surface area contributed by atoms with Crippen LogP contribution in [0.5, 0.6) is 0 Å². The SMILES string of the molecule is CCOCCCN(C)CC(=O)OCC. The summed E-state index contributed by atoms with van der Waals surface area (Å²) in [7, 11) is 1.91. The standard InChI is InChI=1S/C10H21NO3/c1-4-13-8-6-7-11(3)9-10(12)14-5-2/h4-9H2,1-3H3. The highest BCUT2D eigenvalue weighted by molar-refractivity contribution is 5.71. The van der Waals surface area contributed by atoms with Gasteiger partial charge in [-0.05, 0) is 27.3 Å². The Kier molecular flexibility index (Phi) is 8.57. The Balaban J connectivity index is 3.35. The predicted molar refractivity (Wildman–Crippen MR) is 55.2 cm³/mol. The van der Waals surface area contributed by atoms with E-state index in [1.807, 2.05) is 25.8 Å². The van der Waals surface area contributed by atoms with Crippen LogP contribution < -0.4 is 0 Å². The molecule has 0 aromatic carbocycles. The molecule has 4 heteroatoms. The molecule has 0 N–H and O–H groups in total. The molecule has 0 aliphatic heterocycles. The van der Waals surface area contributed by atoms with Gasteiger partial charge < -0.3 is 9.47 Å². The van der Waals surface area contributed by atoms with Gasteiger partial charge >= 0.3 is 5.97 Å². The zero-order valence-electron chi connectivity index (χ0n) is 9.41. The lowest BCUT2D eigenvalue weighted by atomic mass is 10.4. The van der Waals surface area contributed by atoms with Crippen molar-refractivity contribution >= 4 is 5.97 Å². The van der Waals surface area contributed by atoms with Gasteiger partial charge in [0, 0.05) is 19.8 Å². The Morgan fingerprint density at radius 1 is 1.29 bits per heavy atom. The molecule has 0 spiro atoms. The second kappa shape index (κ2) is 8.97. The zero-order chi connectivity index (χ0) is 10.8. The van der Waals surface area contributed by atoms with Gasteiger partial charge in [0.05, 0.1) is 13.2 Å².